The van der Waals surface area contributed by atoms with Crippen molar-refractivity contribution in [2.45, 2.75) is 6.61 Å². The molecule has 170 valence electrons. The first-order valence-electron chi connectivity index (χ1n) is 10.4. The van der Waals surface area contributed by atoms with Gasteiger partial charge in [0.15, 0.2) is 11.5 Å². The Kier molecular flexibility index (Phi) is 6.64. The summed E-state index contributed by atoms with van der Waals surface area (Å²) in [6.07, 6.45) is 1.46. The zero-order valence-electron chi connectivity index (χ0n) is 18.2. The van der Waals surface area contributed by atoms with Crippen molar-refractivity contribution in [1.29, 1.82) is 0 Å². The lowest BCUT2D eigenvalue weighted by Gasteiger charge is -2.12. The van der Waals surface area contributed by atoms with Gasteiger partial charge in [-0.1, -0.05) is 42.5 Å². The molecule has 4 rings (SSSR count). The van der Waals surface area contributed by atoms with Gasteiger partial charge < -0.3 is 14.6 Å². The second-order valence-electron chi connectivity index (χ2n) is 7.41. The number of carbonyl (C=O) groups excluding carboxylic acids is 1. The second-order valence-corrected chi connectivity index (χ2v) is 7.41. The molecule has 3 aromatic carbocycles. The number of benzene rings is 3. The van der Waals surface area contributed by atoms with Crippen LogP contribution in [0.3, 0.4) is 0 Å². The Bertz CT molecular complexity index is 1400. The number of aliphatic carboxylic acids is 1. The first kappa shape index (κ1) is 22.7. The Morgan fingerprint density at radius 1 is 0.971 bits per heavy atom. The Labute approximate surface area is 194 Å². The van der Waals surface area contributed by atoms with E-state index in [1.165, 1.54) is 25.3 Å². The van der Waals surface area contributed by atoms with Crippen LogP contribution in [0.25, 0.3) is 22.6 Å². The normalized spacial score (nSPS) is 11.3. The lowest BCUT2D eigenvalue weighted by molar-refractivity contribution is -0.146. The maximum Gasteiger partial charge on any atom is 0.377 e. The van der Waals surface area contributed by atoms with Gasteiger partial charge >= 0.3 is 5.97 Å². The monoisotopic (exact) mass is 457 g/mol. The molecule has 0 saturated heterocycles. The molecule has 0 unspecified atom stereocenters. The van der Waals surface area contributed by atoms with Gasteiger partial charge in [0, 0.05) is 5.39 Å². The minimum atomic E-state index is -1.58. The van der Waals surface area contributed by atoms with Crippen molar-refractivity contribution in [3.63, 3.8) is 0 Å². The number of ether oxygens (including phenoxy) is 2. The highest BCUT2D eigenvalue weighted by Crippen LogP contribution is 2.31. The standard InChI is InChI=1S/C27H20FNO5/c1-33-25-15-18(8-13-24(25)34-16-17-6-10-20(28)11-7-17)14-21(26(30)27(31)32)23-12-9-19-4-2-3-5-22(19)29-23/h2-15H,16H2,1H3,(H,31,32). The highest BCUT2D eigenvalue weighted by atomic mass is 19.1. The minimum absolute atomic E-state index is 0.0553. The maximum atomic E-state index is 13.1. The summed E-state index contributed by atoms with van der Waals surface area (Å²) in [5, 5.41) is 10.2. The average Bonchev–Trinajstić information content (AvgIpc) is 2.86. The van der Waals surface area contributed by atoms with Crippen LogP contribution in [-0.2, 0) is 16.2 Å². The molecule has 0 atom stereocenters. The van der Waals surface area contributed by atoms with Crippen LogP contribution in [0, 0.1) is 5.82 Å². The molecule has 0 amide bonds. The fourth-order valence-corrected chi connectivity index (χ4v) is 3.39. The van der Waals surface area contributed by atoms with Crippen molar-refractivity contribution in [2.75, 3.05) is 7.11 Å². The molecule has 34 heavy (non-hydrogen) atoms. The van der Waals surface area contributed by atoms with E-state index in [4.69, 9.17) is 9.47 Å². The number of para-hydroxylation sites is 1. The molecule has 0 radical (unpaired) electrons. The number of hydrogen-bond acceptors (Lipinski definition) is 5. The number of methoxy groups -OCH3 is 1. The highest BCUT2D eigenvalue weighted by molar-refractivity contribution is 6.52. The molecule has 0 aliphatic rings. The van der Waals surface area contributed by atoms with Gasteiger partial charge in [-0.3, -0.25) is 4.79 Å². The third kappa shape index (κ3) is 5.10. The summed E-state index contributed by atoms with van der Waals surface area (Å²) >= 11 is 0. The van der Waals surface area contributed by atoms with Crippen LogP contribution < -0.4 is 9.47 Å². The SMILES string of the molecule is COc1cc(C=C(C(=O)C(=O)O)c2ccc3ccccc3n2)ccc1OCc1ccc(F)cc1. The van der Waals surface area contributed by atoms with Crippen LogP contribution in [0.1, 0.15) is 16.8 Å². The van der Waals surface area contributed by atoms with Crippen LogP contribution in [0.15, 0.2) is 78.9 Å². The Morgan fingerprint density at radius 3 is 2.47 bits per heavy atom. The van der Waals surface area contributed by atoms with Gasteiger partial charge in [0.1, 0.15) is 12.4 Å². The number of fused-ring (bicyclic) bond motifs is 1. The molecular weight excluding hydrogens is 437 g/mol. The molecule has 6 nitrogen and oxygen atoms in total. The van der Waals surface area contributed by atoms with E-state index in [0.717, 1.165) is 10.9 Å². The van der Waals surface area contributed by atoms with Gasteiger partial charge in [0.2, 0.25) is 0 Å². The summed E-state index contributed by atoms with van der Waals surface area (Å²) in [4.78, 5) is 28.5. The van der Waals surface area contributed by atoms with E-state index in [1.807, 2.05) is 18.2 Å². The lowest BCUT2D eigenvalue weighted by Crippen LogP contribution is -2.15. The first-order valence-corrected chi connectivity index (χ1v) is 10.4. The molecule has 1 heterocycles. The number of aromatic nitrogens is 1. The van der Waals surface area contributed by atoms with E-state index in [0.29, 0.717) is 22.6 Å². The van der Waals surface area contributed by atoms with Gasteiger partial charge in [-0.05, 0) is 53.6 Å². The Morgan fingerprint density at radius 2 is 1.74 bits per heavy atom. The molecule has 0 spiro atoms. The van der Waals surface area contributed by atoms with E-state index >= 15 is 0 Å². The van der Waals surface area contributed by atoms with Crippen LogP contribution in [0.4, 0.5) is 4.39 Å². The molecule has 7 heteroatoms. The highest BCUT2D eigenvalue weighted by Gasteiger charge is 2.21. The minimum Gasteiger partial charge on any atom is -0.493 e. The van der Waals surface area contributed by atoms with E-state index < -0.39 is 11.8 Å². The summed E-state index contributed by atoms with van der Waals surface area (Å²) in [6, 6.07) is 21.7. The van der Waals surface area contributed by atoms with Gasteiger partial charge in [-0.15, -0.1) is 0 Å². The van der Waals surface area contributed by atoms with E-state index in [9.17, 15) is 19.1 Å². The third-order valence-electron chi connectivity index (χ3n) is 5.12. The maximum absolute atomic E-state index is 13.1. The van der Waals surface area contributed by atoms with Crippen molar-refractivity contribution < 1.29 is 28.6 Å². The number of pyridine rings is 1. The summed E-state index contributed by atoms with van der Waals surface area (Å²) < 4.78 is 24.3. The van der Waals surface area contributed by atoms with Gasteiger partial charge in [-0.2, -0.15) is 0 Å². The van der Waals surface area contributed by atoms with Crippen LogP contribution in [0.2, 0.25) is 0 Å². The molecule has 0 bridgehead atoms. The lowest BCUT2D eigenvalue weighted by atomic mass is 10.0. The topological polar surface area (TPSA) is 85.7 Å². The summed E-state index contributed by atoms with van der Waals surface area (Å²) in [6.45, 7) is 0.204. The fourth-order valence-electron chi connectivity index (χ4n) is 3.39. The number of nitrogens with zero attached hydrogens (tertiary/aromatic N) is 1. The molecule has 1 aromatic heterocycles. The number of hydrogen-bond donors (Lipinski definition) is 1. The second kappa shape index (κ2) is 9.95. The number of rotatable bonds is 8. The molecule has 4 aromatic rings. The van der Waals surface area contributed by atoms with Crippen molar-refractivity contribution >= 4 is 34.3 Å². The van der Waals surface area contributed by atoms with Crippen LogP contribution in [0.5, 0.6) is 11.5 Å². The molecule has 0 fully saturated rings. The number of carboxylic acids is 1. The first-order chi connectivity index (χ1) is 16.4. The third-order valence-corrected chi connectivity index (χ3v) is 5.12. The van der Waals surface area contributed by atoms with E-state index in [-0.39, 0.29) is 23.7 Å². The molecular formula is C27H20FNO5. The predicted octanol–water partition coefficient (Wildman–Crippen LogP) is 5.16. The van der Waals surface area contributed by atoms with Gasteiger partial charge in [0.25, 0.3) is 5.78 Å². The number of ketones is 1. The van der Waals surface area contributed by atoms with Crippen molar-refractivity contribution in [2.24, 2.45) is 0 Å². The van der Waals surface area contributed by atoms with Crippen molar-refractivity contribution in [1.82, 2.24) is 4.98 Å². The van der Waals surface area contributed by atoms with Crippen LogP contribution in [-0.4, -0.2) is 29.0 Å². The van der Waals surface area contributed by atoms with E-state index in [1.54, 1.807) is 48.5 Å². The van der Waals surface area contributed by atoms with Gasteiger partial charge in [0.05, 0.1) is 23.9 Å². The van der Waals surface area contributed by atoms with E-state index in [2.05, 4.69) is 4.98 Å². The Hall–Kier alpha value is -4.52. The molecule has 1 N–H and O–H groups in total. The number of Topliss-reactive ketones (excluding diaryl/α,β-unsaturated/α-hetero) is 1. The van der Waals surface area contributed by atoms with Crippen molar-refractivity contribution in [3.8, 4) is 11.5 Å². The predicted molar refractivity (Wildman–Crippen MR) is 126 cm³/mol. The van der Waals surface area contributed by atoms with Crippen LogP contribution >= 0.6 is 0 Å². The fraction of sp³-hybridized carbons (Fsp3) is 0.0741. The smallest absolute Gasteiger partial charge is 0.377 e. The summed E-state index contributed by atoms with van der Waals surface area (Å²) in [5.74, 6) is -2.14. The Balaban J connectivity index is 1.67. The number of halogens is 1. The summed E-state index contributed by atoms with van der Waals surface area (Å²) in [7, 11) is 1.47. The summed E-state index contributed by atoms with van der Waals surface area (Å²) in [5.41, 5.74) is 2.16. The number of carboxylic acid groups (broad SMARTS) is 1. The number of carbonyl (C=O) groups is 2. The average molecular weight is 457 g/mol. The zero-order valence-corrected chi connectivity index (χ0v) is 18.2. The zero-order chi connectivity index (χ0) is 24.1. The molecule has 0 aliphatic carbocycles. The van der Waals surface area contributed by atoms with Crippen molar-refractivity contribution in [3.05, 3.63) is 102 Å². The molecule has 0 aliphatic heterocycles. The largest absolute Gasteiger partial charge is 0.493 e. The van der Waals surface area contributed by atoms with Gasteiger partial charge in [-0.25, -0.2) is 14.2 Å². The molecule has 0 saturated carbocycles. The quantitative estimate of drug-likeness (QED) is 0.291.